The quantitative estimate of drug-likeness (QED) is 0.856. The summed E-state index contributed by atoms with van der Waals surface area (Å²) in [7, 11) is 0. The van der Waals surface area contributed by atoms with E-state index in [1.165, 1.54) is 5.56 Å². The lowest BCUT2D eigenvalue weighted by Crippen LogP contribution is -2.54. The summed E-state index contributed by atoms with van der Waals surface area (Å²) in [5.74, 6) is -0.0371. The number of rotatable bonds is 3. The summed E-state index contributed by atoms with van der Waals surface area (Å²) in [6.07, 6.45) is 0.356. The third-order valence-electron chi connectivity index (χ3n) is 4.20. The van der Waals surface area contributed by atoms with Crippen LogP contribution in [0.25, 0.3) is 0 Å². The van der Waals surface area contributed by atoms with Gasteiger partial charge in [0.2, 0.25) is 0 Å². The minimum absolute atomic E-state index is 0.0371. The molecule has 0 aromatic heterocycles. The zero-order valence-electron chi connectivity index (χ0n) is 11.2. The minimum atomic E-state index is -0.382. The van der Waals surface area contributed by atoms with E-state index in [2.05, 4.69) is 30.9 Å². The van der Waals surface area contributed by atoms with Crippen LogP contribution in [0.4, 0.5) is 0 Å². The number of hydrogen-bond donors (Lipinski definition) is 2. The second kappa shape index (κ2) is 5.83. The third-order valence-corrected chi connectivity index (χ3v) is 4.20. The minimum Gasteiger partial charge on any atom is -0.396 e. The Balaban J connectivity index is 2.11. The molecule has 1 saturated heterocycles. The van der Waals surface area contributed by atoms with Crippen molar-refractivity contribution in [3.63, 3.8) is 0 Å². The maximum absolute atomic E-state index is 10.0. The average Bonchev–Trinajstić information content (AvgIpc) is 2.36. The number of aliphatic hydroxyl groups excluding tert-OH is 2. The molecule has 1 heterocycles. The largest absolute Gasteiger partial charge is 0.396 e. The number of aliphatic hydroxyl groups is 2. The highest BCUT2D eigenvalue weighted by Gasteiger charge is 2.37. The lowest BCUT2D eigenvalue weighted by molar-refractivity contribution is -0.0610. The van der Waals surface area contributed by atoms with Gasteiger partial charge in [-0.1, -0.05) is 30.3 Å². The number of piperidine rings is 1. The van der Waals surface area contributed by atoms with Gasteiger partial charge in [-0.3, -0.25) is 4.90 Å². The van der Waals surface area contributed by atoms with E-state index in [9.17, 15) is 10.2 Å². The van der Waals surface area contributed by atoms with Crippen molar-refractivity contribution < 1.29 is 10.2 Å². The van der Waals surface area contributed by atoms with Crippen LogP contribution in [0.1, 0.15) is 25.8 Å². The third kappa shape index (κ3) is 2.74. The van der Waals surface area contributed by atoms with Gasteiger partial charge in [0.25, 0.3) is 0 Å². The molecule has 0 aliphatic carbocycles. The molecule has 0 spiro atoms. The zero-order chi connectivity index (χ0) is 13.1. The molecule has 4 unspecified atom stereocenters. The fraction of sp³-hybridized carbons (Fsp3) is 0.600. The molecule has 1 aromatic carbocycles. The first kappa shape index (κ1) is 13.5. The van der Waals surface area contributed by atoms with E-state index >= 15 is 0 Å². The molecule has 1 aliphatic heterocycles. The smallest absolute Gasteiger partial charge is 0.0620 e. The van der Waals surface area contributed by atoms with Gasteiger partial charge in [-0.05, 0) is 25.8 Å². The van der Waals surface area contributed by atoms with Crippen LogP contribution in [0, 0.1) is 5.92 Å². The van der Waals surface area contributed by atoms with Crippen LogP contribution < -0.4 is 0 Å². The molecular weight excluding hydrogens is 226 g/mol. The highest BCUT2D eigenvalue weighted by atomic mass is 16.3. The molecule has 3 heteroatoms. The summed E-state index contributed by atoms with van der Waals surface area (Å²) in [5.41, 5.74) is 1.28. The Morgan fingerprint density at radius 3 is 2.50 bits per heavy atom. The highest BCUT2D eigenvalue weighted by Crippen LogP contribution is 2.29. The van der Waals surface area contributed by atoms with E-state index < -0.39 is 0 Å². The number of benzene rings is 1. The second-order valence-electron chi connectivity index (χ2n) is 5.40. The van der Waals surface area contributed by atoms with Crippen molar-refractivity contribution in [1.29, 1.82) is 0 Å². The highest BCUT2D eigenvalue weighted by molar-refractivity contribution is 5.15. The second-order valence-corrected chi connectivity index (χ2v) is 5.40. The monoisotopic (exact) mass is 249 g/mol. The van der Waals surface area contributed by atoms with Gasteiger partial charge in [0.05, 0.1) is 6.10 Å². The molecule has 0 saturated carbocycles. The van der Waals surface area contributed by atoms with Crippen LogP contribution in [0.2, 0.25) is 0 Å². The Morgan fingerprint density at radius 2 is 1.89 bits per heavy atom. The first-order valence-corrected chi connectivity index (χ1v) is 6.72. The Labute approximate surface area is 109 Å². The standard InChI is InChI=1S/C15H23NO2/c1-11-8-15(18)14(10-17)12(2)16(11)9-13-6-4-3-5-7-13/h3-7,11-12,14-15,17-18H,8-10H2,1-2H3. The molecule has 3 nitrogen and oxygen atoms in total. The maximum atomic E-state index is 10.0. The summed E-state index contributed by atoms with van der Waals surface area (Å²) in [4.78, 5) is 2.38. The van der Waals surface area contributed by atoms with Gasteiger partial charge < -0.3 is 10.2 Å². The van der Waals surface area contributed by atoms with E-state index in [1.807, 2.05) is 18.2 Å². The van der Waals surface area contributed by atoms with Crippen molar-refractivity contribution in [3.8, 4) is 0 Å². The van der Waals surface area contributed by atoms with Crippen LogP contribution in [-0.2, 0) is 6.54 Å². The molecule has 1 aliphatic rings. The van der Waals surface area contributed by atoms with E-state index in [-0.39, 0.29) is 24.7 Å². The van der Waals surface area contributed by atoms with Gasteiger partial charge in [-0.2, -0.15) is 0 Å². The van der Waals surface area contributed by atoms with Crippen LogP contribution in [-0.4, -0.2) is 39.9 Å². The molecule has 0 amide bonds. The van der Waals surface area contributed by atoms with Gasteiger partial charge in [-0.15, -0.1) is 0 Å². The summed E-state index contributed by atoms with van der Waals surface area (Å²) in [6.45, 7) is 5.19. The molecule has 0 bridgehead atoms. The summed E-state index contributed by atoms with van der Waals surface area (Å²) >= 11 is 0. The Kier molecular flexibility index (Phi) is 4.38. The molecule has 1 aromatic rings. The number of nitrogens with zero attached hydrogens (tertiary/aromatic N) is 1. The lowest BCUT2D eigenvalue weighted by atomic mass is 9.84. The molecule has 0 radical (unpaired) electrons. The fourth-order valence-corrected chi connectivity index (χ4v) is 3.00. The van der Waals surface area contributed by atoms with Gasteiger partial charge in [0, 0.05) is 31.2 Å². The Morgan fingerprint density at radius 1 is 1.22 bits per heavy atom. The van der Waals surface area contributed by atoms with Gasteiger partial charge >= 0.3 is 0 Å². The molecular formula is C15H23NO2. The van der Waals surface area contributed by atoms with E-state index in [0.29, 0.717) is 6.04 Å². The maximum Gasteiger partial charge on any atom is 0.0620 e. The van der Waals surface area contributed by atoms with Crippen molar-refractivity contribution in [1.82, 2.24) is 4.90 Å². The molecule has 100 valence electrons. The van der Waals surface area contributed by atoms with Crippen molar-refractivity contribution in [2.24, 2.45) is 5.92 Å². The van der Waals surface area contributed by atoms with Crippen molar-refractivity contribution in [2.45, 2.75) is 45.0 Å². The van der Waals surface area contributed by atoms with Crippen molar-refractivity contribution in [3.05, 3.63) is 35.9 Å². The number of hydrogen-bond acceptors (Lipinski definition) is 3. The molecule has 2 N–H and O–H groups in total. The molecule has 1 fully saturated rings. The first-order chi connectivity index (χ1) is 8.63. The summed E-state index contributed by atoms with van der Waals surface area (Å²) in [6, 6.07) is 10.9. The van der Waals surface area contributed by atoms with Crippen molar-refractivity contribution >= 4 is 0 Å². The van der Waals surface area contributed by atoms with E-state index in [0.717, 1.165) is 13.0 Å². The predicted octanol–water partition coefficient (Wildman–Crippen LogP) is 1.64. The van der Waals surface area contributed by atoms with Crippen LogP contribution in [0.15, 0.2) is 30.3 Å². The summed E-state index contributed by atoms with van der Waals surface area (Å²) in [5, 5.41) is 19.4. The van der Waals surface area contributed by atoms with E-state index in [4.69, 9.17) is 0 Å². The van der Waals surface area contributed by atoms with Gasteiger partial charge in [0.15, 0.2) is 0 Å². The van der Waals surface area contributed by atoms with Gasteiger partial charge in [0.1, 0.15) is 0 Å². The summed E-state index contributed by atoms with van der Waals surface area (Å²) < 4.78 is 0. The Bertz CT molecular complexity index is 368. The van der Waals surface area contributed by atoms with Crippen LogP contribution in [0.3, 0.4) is 0 Å². The van der Waals surface area contributed by atoms with Gasteiger partial charge in [-0.25, -0.2) is 0 Å². The lowest BCUT2D eigenvalue weighted by Gasteiger charge is -2.45. The Hall–Kier alpha value is -0.900. The fourth-order valence-electron chi connectivity index (χ4n) is 3.00. The van der Waals surface area contributed by atoms with Crippen LogP contribution in [0.5, 0.6) is 0 Å². The van der Waals surface area contributed by atoms with Crippen LogP contribution >= 0.6 is 0 Å². The normalized spacial score (nSPS) is 33.6. The predicted molar refractivity (Wildman–Crippen MR) is 72.1 cm³/mol. The van der Waals surface area contributed by atoms with Crippen molar-refractivity contribution in [2.75, 3.05) is 6.61 Å². The molecule has 2 rings (SSSR count). The zero-order valence-corrected chi connectivity index (χ0v) is 11.2. The number of likely N-dealkylation sites (tertiary alicyclic amines) is 1. The topological polar surface area (TPSA) is 43.7 Å². The molecule has 4 atom stereocenters. The van der Waals surface area contributed by atoms with E-state index in [1.54, 1.807) is 0 Å². The average molecular weight is 249 g/mol. The first-order valence-electron chi connectivity index (χ1n) is 6.72. The molecule has 18 heavy (non-hydrogen) atoms. The SMILES string of the molecule is CC1CC(O)C(CO)C(C)N1Cc1ccccc1.